The molecule has 9 heteroatoms. The summed E-state index contributed by atoms with van der Waals surface area (Å²) in [6.07, 6.45) is 4.66. The van der Waals surface area contributed by atoms with Crippen molar-refractivity contribution in [2.75, 3.05) is 18.4 Å². The van der Waals surface area contributed by atoms with Gasteiger partial charge in [0.15, 0.2) is 0 Å². The summed E-state index contributed by atoms with van der Waals surface area (Å²) in [5.74, 6) is -0.204. The van der Waals surface area contributed by atoms with E-state index in [9.17, 15) is 9.59 Å². The molecule has 24 heavy (non-hydrogen) atoms. The van der Waals surface area contributed by atoms with Gasteiger partial charge in [-0.2, -0.15) is 5.10 Å². The molecule has 0 spiro atoms. The van der Waals surface area contributed by atoms with Crippen LogP contribution in [0.3, 0.4) is 0 Å². The van der Waals surface area contributed by atoms with Crippen LogP contribution < -0.4 is 11.1 Å². The molecule has 2 amide bonds. The number of amides is 2. The van der Waals surface area contributed by atoms with E-state index in [1.165, 1.54) is 10.9 Å². The number of nitrogens with zero attached hydrogens (tertiary/aromatic N) is 3. The highest BCUT2D eigenvalue weighted by atomic mass is 35.5. The molecule has 0 aromatic carbocycles. The molecule has 1 aliphatic heterocycles. The van der Waals surface area contributed by atoms with Crippen molar-refractivity contribution in [2.45, 2.75) is 51.0 Å². The van der Waals surface area contributed by atoms with Crippen LogP contribution in [0.4, 0.5) is 5.69 Å². The summed E-state index contributed by atoms with van der Waals surface area (Å²) in [6, 6.07) is 0. The van der Waals surface area contributed by atoms with Crippen LogP contribution in [0.2, 0.25) is 0 Å². The first-order valence-electron chi connectivity index (χ1n) is 7.92. The molecule has 8 nitrogen and oxygen atoms in total. The lowest BCUT2D eigenvalue weighted by Crippen LogP contribution is -2.49. The van der Waals surface area contributed by atoms with Crippen molar-refractivity contribution in [3.05, 3.63) is 12.4 Å². The molecular weight excluding hydrogens is 334 g/mol. The SMILES string of the molecule is CC1CN(C(=O)Cn2cc(NC(=O)C3(N)CC3)cn2)CC(C)O1.Cl. The zero-order chi connectivity index (χ0) is 16.6. The molecule has 2 fully saturated rings. The summed E-state index contributed by atoms with van der Waals surface area (Å²) in [4.78, 5) is 26.0. The maximum absolute atomic E-state index is 12.4. The molecule has 134 valence electrons. The van der Waals surface area contributed by atoms with Crippen LogP contribution in [0.15, 0.2) is 12.4 Å². The van der Waals surface area contributed by atoms with Gasteiger partial charge in [-0.15, -0.1) is 12.4 Å². The molecule has 2 aliphatic rings. The number of aromatic nitrogens is 2. The Labute approximate surface area is 147 Å². The second kappa shape index (κ2) is 7.08. The summed E-state index contributed by atoms with van der Waals surface area (Å²) in [7, 11) is 0. The first kappa shape index (κ1) is 18.7. The number of hydrogen-bond acceptors (Lipinski definition) is 5. The smallest absolute Gasteiger partial charge is 0.244 e. The first-order valence-corrected chi connectivity index (χ1v) is 7.92. The van der Waals surface area contributed by atoms with E-state index in [0.29, 0.717) is 31.6 Å². The number of nitrogens with two attached hydrogens (primary N) is 1. The Hall–Kier alpha value is -1.64. The average Bonchev–Trinajstić information content (AvgIpc) is 3.08. The minimum atomic E-state index is -0.724. The third kappa shape index (κ3) is 4.25. The number of carbonyl (C=O) groups is 2. The van der Waals surface area contributed by atoms with E-state index in [-0.39, 0.29) is 43.0 Å². The van der Waals surface area contributed by atoms with Crippen LogP contribution in [0.5, 0.6) is 0 Å². The maximum Gasteiger partial charge on any atom is 0.244 e. The van der Waals surface area contributed by atoms with Crippen molar-refractivity contribution in [3.8, 4) is 0 Å². The monoisotopic (exact) mass is 357 g/mol. The molecule has 3 N–H and O–H groups in total. The molecule has 0 radical (unpaired) electrons. The Morgan fingerprint density at radius 2 is 2.00 bits per heavy atom. The van der Waals surface area contributed by atoms with Crippen LogP contribution in [-0.2, 0) is 20.9 Å². The molecule has 1 aromatic rings. The number of halogens is 1. The molecule has 3 rings (SSSR count). The summed E-state index contributed by atoms with van der Waals surface area (Å²) >= 11 is 0. The predicted molar refractivity (Wildman–Crippen MR) is 90.8 cm³/mol. The van der Waals surface area contributed by atoms with E-state index in [1.807, 2.05) is 13.8 Å². The third-order valence-corrected chi connectivity index (χ3v) is 4.20. The summed E-state index contributed by atoms with van der Waals surface area (Å²) < 4.78 is 7.15. The van der Waals surface area contributed by atoms with Gasteiger partial charge in [0.1, 0.15) is 6.54 Å². The number of rotatable bonds is 4. The summed E-state index contributed by atoms with van der Waals surface area (Å²) in [5, 5.41) is 6.87. The van der Waals surface area contributed by atoms with Gasteiger partial charge < -0.3 is 20.7 Å². The highest BCUT2D eigenvalue weighted by Crippen LogP contribution is 2.33. The average molecular weight is 358 g/mol. The first-order chi connectivity index (χ1) is 10.9. The third-order valence-electron chi connectivity index (χ3n) is 4.20. The fraction of sp³-hybridized carbons (Fsp3) is 0.667. The molecule has 1 aromatic heterocycles. The quantitative estimate of drug-likeness (QED) is 0.810. The van der Waals surface area contributed by atoms with Crippen LogP contribution in [0.25, 0.3) is 0 Å². The topological polar surface area (TPSA) is 102 Å². The van der Waals surface area contributed by atoms with Crippen LogP contribution >= 0.6 is 12.4 Å². The fourth-order valence-corrected chi connectivity index (χ4v) is 2.75. The van der Waals surface area contributed by atoms with E-state index >= 15 is 0 Å². The normalized spacial score (nSPS) is 24.9. The van der Waals surface area contributed by atoms with E-state index in [2.05, 4.69) is 10.4 Å². The highest BCUT2D eigenvalue weighted by Gasteiger charge is 2.46. The van der Waals surface area contributed by atoms with Gasteiger partial charge >= 0.3 is 0 Å². The van der Waals surface area contributed by atoms with Crippen molar-refractivity contribution in [2.24, 2.45) is 5.73 Å². The van der Waals surface area contributed by atoms with Gasteiger partial charge in [0, 0.05) is 19.3 Å². The van der Waals surface area contributed by atoms with Gasteiger partial charge in [-0.3, -0.25) is 14.3 Å². The Morgan fingerprint density at radius 1 is 1.38 bits per heavy atom. The van der Waals surface area contributed by atoms with E-state index in [4.69, 9.17) is 10.5 Å². The molecule has 1 saturated carbocycles. The molecule has 0 bridgehead atoms. The molecule has 2 heterocycles. The fourth-order valence-electron chi connectivity index (χ4n) is 2.75. The van der Waals surface area contributed by atoms with Gasteiger partial charge in [0.05, 0.1) is 29.6 Å². The van der Waals surface area contributed by atoms with Crippen LogP contribution in [0.1, 0.15) is 26.7 Å². The minimum Gasteiger partial charge on any atom is -0.372 e. The zero-order valence-corrected chi connectivity index (χ0v) is 14.7. The highest BCUT2D eigenvalue weighted by molar-refractivity contribution is 5.99. The van der Waals surface area contributed by atoms with Crippen LogP contribution in [0, 0.1) is 0 Å². The Kier molecular flexibility index (Phi) is 5.52. The molecule has 2 atom stereocenters. The predicted octanol–water partition coefficient (Wildman–Crippen LogP) is 0.371. The molecular formula is C15H24ClN5O3. The number of anilines is 1. The lowest BCUT2D eigenvalue weighted by Gasteiger charge is -2.35. The van der Waals surface area contributed by atoms with Crippen molar-refractivity contribution < 1.29 is 14.3 Å². The van der Waals surface area contributed by atoms with Gasteiger partial charge in [-0.1, -0.05) is 0 Å². The standard InChI is InChI=1S/C15H23N5O3.ClH/c1-10-6-19(7-11(2)23-10)13(21)9-20-8-12(5-17-20)18-14(22)15(16)3-4-15;/h5,8,10-11H,3-4,6-7,9,16H2,1-2H3,(H,18,22);1H. The lowest BCUT2D eigenvalue weighted by molar-refractivity contribution is -0.144. The van der Waals surface area contributed by atoms with E-state index in [0.717, 1.165) is 0 Å². The van der Waals surface area contributed by atoms with Crippen molar-refractivity contribution in [1.29, 1.82) is 0 Å². The molecule has 2 unspecified atom stereocenters. The number of hydrogen-bond donors (Lipinski definition) is 2. The Bertz CT molecular complexity index is 606. The number of carbonyl (C=O) groups excluding carboxylic acids is 2. The molecule has 1 aliphatic carbocycles. The Balaban J connectivity index is 0.00000208. The van der Waals surface area contributed by atoms with Gasteiger partial charge in [0.2, 0.25) is 11.8 Å². The maximum atomic E-state index is 12.4. The van der Waals surface area contributed by atoms with Crippen molar-refractivity contribution in [1.82, 2.24) is 14.7 Å². The second-order valence-corrected chi connectivity index (χ2v) is 6.59. The summed E-state index contributed by atoms with van der Waals surface area (Å²) in [6.45, 7) is 5.23. The summed E-state index contributed by atoms with van der Waals surface area (Å²) in [5.41, 5.74) is 5.67. The number of morpholine rings is 1. The van der Waals surface area contributed by atoms with Gasteiger partial charge in [0.25, 0.3) is 0 Å². The largest absolute Gasteiger partial charge is 0.372 e. The minimum absolute atomic E-state index is 0. The lowest BCUT2D eigenvalue weighted by atomic mass is 10.2. The zero-order valence-electron chi connectivity index (χ0n) is 13.9. The van der Waals surface area contributed by atoms with E-state index in [1.54, 1.807) is 11.1 Å². The van der Waals surface area contributed by atoms with Crippen LogP contribution in [-0.4, -0.2) is 57.3 Å². The number of nitrogens with one attached hydrogen (secondary N) is 1. The number of ether oxygens (including phenoxy) is 1. The molecule has 1 saturated heterocycles. The van der Waals surface area contributed by atoms with Gasteiger partial charge in [-0.25, -0.2) is 0 Å². The Morgan fingerprint density at radius 3 is 2.58 bits per heavy atom. The van der Waals surface area contributed by atoms with E-state index < -0.39 is 5.54 Å². The van der Waals surface area contributed by atoms with Gasteiger partial charge in [-0.05, 0) is 26.7 Å². The van der Waals surface area contributed by atoms with Crippen molar-refractivity contribution in [3.63, 3.8) is 0 Å². The van der Waals surface area contributed by atoms with Crippen molar-refractivity contribution >= 4 is 29.9 Å². The second-order valence-electron chi connectivity index (χ2n) is 6.59.